The third-order valence-corrected chi connectivity index (χ3v) is 4.92. The molecule has 6 nitrogen and oxygen atoms in total. The highest BCUT2D eigenvalue weighted by atomic mass is 32.2. The number of nitrogen functional groups attached to an aromatic ring is 1. The predicted molar refractivity (Wildman–Crippen MR) is 76.4 cm³/mol. The molecule has 1 aromatic heterocycles. The lowest BCUT2D eigenvalue weighted by Crippen LogP contribution is -2.24. The number of nitrogens with two attached hydrogens (primary N) is 1. The van der Waals surface area contributed by atoms with Crippen LogP contribution in [0.5, 0.6) is 0 Å². The molecule has 8 heteroatoms. The third-order valence-electron chi connectivity index (χ3n) is 2.49. The maximum atomic E-state index is 12.2. The van der Waals surface area contributed by atoms with E-state index in [0.717, 1.165) is 5.69 Å². The summed E-state index contributed by atoms with van der Waals surface area (Å²) >= 11 is 1.37. The van der Waals surface area contributed by atoms with Crippen LogP contribution in [-0.4, -0.2) is 13.4 Å². The van der Waals surface area contributed by atoms with Gasteiger partial charge in [0, 0.05) is 16.8 Å². The molecule has 0 saturated heterocycles. The molecule has 1 aromatic carbocycles. The summed E-state index contributed by atoms with van der Waals surface area (Å²) in [6.07, 6.45) is 0. The molecule has 0 fully saturated rings. The van der Waals surface area contributed by atoms with Gasteiger partial charge in [-0.3, -0.25) is 0 Å². The van der Waals surface area contributed by atoms with Gasteiger partial charge in [-0.1, -0.05) is 0 Å². The fraction of sp³-hybridized carbons (Fsp3) is 0.167. The Morgan fingerprint density at radius 2 is 2.25 bits per heavy atom. The van der Waals surface area contributed by atoms with Crippen molar-refractivity contribution in [2.45, 2.75) is 18.4 Å². The van der Waals surface area contributed by atoms with Gasteiger partial charge in [-0.2, -0.15) is 5.26 Å². The number of hydrogen-bond acceptors (Lipinski definition) is 6. The minimum Gasteiger partial charge on any atom is -0.399 e. The Morgan fingerprint density at radius 3 is 2.85 bits per heavy atom. The lowest BCUT2D eigenvalue weighted by atomic mass is 10.2. The Kier molecular flexibility index (Phi) is 4.04. The molecule has 0 radical (unpaired) electrons. The van der Waals surface area contributed by atoms with E-state index >= 15 is 0 Å². The number of hydrogen-bond donors (Lipinski definition) is 2. The van der Waals surface area contributed by atoms with E-state index in [-0.39, 0.29) is 17.0 Å². The van der Waals surface area contributed by atoms with Gasteiger partial charge >= 0.3 is 0 Å². The summed E-state index contributed by atoms with van der Waals surface area (Å²) in [5, 5.41) is 11.5. The molecule has 2 aromatic rings. The molecule has 1 heterocycles. The number of anilines is 1. The first-order chi connectivity index (χ1) is 9.42. The van der Waals surface area contributed by atoms with Crippen LogP contribution in [0.15, 0.2) is 28.5 Å². The molecule has 0 amide bonds. The first kappa shape index (κ1) is 14.5. The van der Waals surface area contributed by atoms with Crippen LogP contribution in [0.3, 0.4) is 0 Å². The summed E-state index contributed by atoms with van der Waals surface area (Å²) in [5.41, 5.74) is 6.75. The quantitative estimate of drug-likeness (QED) is 0.829. The number of nitriles is 1. The zero-order chi connectivity index (χ0) is 14.8. The van der Waals surface area contributed by atoms with Crippen molar-refractivity contribution in [2.75, 3.05) is 5.73 Å². The van der Waals surface area contributed by atoms with Crippen LogP contribution >= 0.6 is 11.3 Å². The van der Waals surface area contributed by atoms with Gasteiger partial charge in [-0.05, 0) is 25.1 Å². The van der Waals surface area contributed by atoms with Gasteiger partial charge < -0.3 is 5.73 Å². The van der Waals surface area contributed by atoms with E-state index in [0.29, 0.717) is 10.7 Å². The van der Waals surface area contributed by atoms with Gasteiger partial charge in [0.1, 0.15) is 11.1 Å². The summed E-state index contributed by atoms with van der Waals surface area (Å²) in [5.74, 6) is 0. The Bertz CT molecular complexity index is 775. The Morgan fingerprint density at radius 1 is 1.50 bits per heavy atom. The first-order valence-corrected chi connectivity index (χ1v) is 7.99. The van der Waals surface area contributed by atoms with Gasteiger partial charge in [0.15, 0.2) is 0 Å². The lowest BCUT2D eigenvalue weighted by Gasteiger charge is -2.07. The third kappa shape index (κ3) is 3.14. The average molecular weight is 308 g/mol. The molecule has 20 heavy (non-hydrogen) atoms. The normalized spacial score (nSPS) is 11.2. The van der Waals surface area contributed by atoms with Crippen LogP contribution in [0.2, 0.25) is 0 Å². The number of rotatable bonds is 4. The highest BCUT2D eigenvalue weighted by Gasteiger charge is 2.19. The van der Waals surface area contributed by atoms with Crippen molar-refractivity contribution in [3.8, 4) is 6.07 Å². The van der Waals surface area contributed by atoms with Crippen molar-refractivity contribution >= 4 is 27.0 Å². The van der Waals surface area contributed by atoms with Crippen LogP contribution in [0.1, 0.15) is 16.3 Å². The van der Waals surface area contributed by atoms with Crippen LogP contribution in [-0.2, 0) is 16.6 Å². The number of nitrogens with one attached hydrogen (secondary N) is 1. The van der Waals surface area contributed by atoms with Crippen molar-refractivity contribution in [2.24, 2.45) is 0 Å². The molecule has 104 valence electrons. The largest absolute Gasteiger partial charge is 0.399 e. The molecule has 3 N–H and O–H groups in total. The molecular weight excluding hydrogens is 296 g/mol. The van der Waals surface area contributed by atoms with Gasteiger partial charge in [0.2, 0.25) is 10.0 Å². The number of thiazole rings is 1. The van der Waals surface area contributed by atoms with Crippen molar-refractivity contribution in [1.82, 2.24) is 9.71 Å². The van der Waals surface area contributed by atoms with Crippen LogP contribution in [0.4, 0.5) is 5.69 Å². The second-order valence-corrected chi connectivity index (χ2v) is 6.75. The summed E-state index contributed by atoms with van der Waals surface area (Å²) < 4.78 is 26.8. The average Bonchev–Trinajstić information content (AvgIpc) is 2.82. The molecular formula is C12H12N4O2S2. The maximum Gasteiger partial charge on any atom is 0.242 e. The number of aromatic nitrogens is 1. The Balaban J connectivity index is 2.25. The molecule has 0 saturated carbocycles. The highest BCUT2D eigenvalue weighted by molar-refractivity contribution is 7.89. The zero-order valence-electron chi connectivity index (χ0n) is 10.6. The highest BCUT2D eigenvalue weighted by Crippen LogP contribution is 2.18. The fourth-order valence-corrected chi connectivity index (χ4v) is 3.51. The van der Waals surface area contributed by atoms with Gasteiger partial charge in [0.25, 0.3) is 0 Å². The van der Waals surface area contributed by atoms with Crippen molar-refractivity contribution < 1.29 is 8.42 Å². The van der Waals surface area contributed by atoms with E-state index in [1.54, 1.807) is 0 Å². The summed E-state index contributed by atoms with van der Waals surface area (Å²) in [7, 11) is -3.77. The van der Waals surface area contributed by atoms with Crippen molar-refractivity contribution in [3.05, 3.63) is 39.8 Å². The monoisotopic (exact) mass is 308 g/mol. The van der Waals surface area contributed by atoms with Crippen LogP contribution < -0.4 is 10.5 Å². The van der Waals surface area contributed by atoms with Gasteiger partial charge in [-0.15, -0.1) is 11.3 Å². The topological polar surface area (TPSA) is 109 Å². The standard InChI is InChI=1S/C12H12N4O2S2/c1-8-7-19-12(16-8)6-15-20(17,18)11-3-2-10(14)4-9(11)5-13/h2-4,7,15H,6,14H2,1H3. The fourth-order valence-electron chi connectivity index (χ4n) is 1.59. The van der Waals surface area contributed by atoms with E-state index in [2.05, 4.69) is 9.71 Å². The van der Waals surface area contributed by atoms with Crippen molar-refractivity contribution in [3.63, 3.8) is 0 Å². The molecule has 0 aliphatic carbocycles. The number of sulfonamides is 1. The van der Waals surface area contributed by atoms with Gasteiger partial charge in [-0.25, -0.2) is 18.1 Å². The van der Waals surface area contributed by atoms with E-state index in [1.807, 2.05) is 18.4 Å². The van der Waals surface area contributed by atoms with E-state index in [9.17, 15) is 8.42 Å². The number of benzene rings is 1. The number of aryl methyl sites for hydroxylation is 1. The van der Waals surface area contributed by atoms with E-state index < -0.39 is 10.0 Å². The van der Waals surface area contributed by atoms with Crippen LogP contribution in [0, 0.1) is 18.3 Å². The molecule has 0 spiro atoms. The first-order valence-electron chi connectivity index (χ1n) is 5.62. The Hall–Kier alpha value is -1.95. The summed E-state index contributed by atoms with van der Waals surface area (Å²) in [6, 6.07) is 5.94. The minimum atomic E-state index is -3.77. The number of nitrogens with zero attached hydrogens (tertiary/aromatic N) is 2. The SMILES string of the molecule is Cc1csc(CNS(=O)(=O)c2ccc(N)cc2C#N)n1. The molecule has 0 bridgehead atoms. The molecule has 0 atom stereocenters. The van der Waals surface area contributed by atoms with E-state index in [1.165, 1.54) is 29.5 Å². The smallest absolute Gasteiger partial charge is 0.242 e. The van der Waals surface area contributed by atoms with Crippen LogP contribution in [0.25, 0.3) is 0 Å². The predicted octanol–water partition coefficient (Wildman–Crippen LogP) is 1.38. The Labute approximate surface area is 120 Å². The summed E-state index contributed by atoms with van der Waals surface area (Å²) in [4.78, 5) is 4.09. The van der Waals surface area contributed by atoms with Gasteiger partial charge in [0.05, 0.1) is 17.0 Å². The molecule has 0 unspecified atom stereocenters. The van der Waals surface area contributed by atoms with E-state index in [4.69, 9.17) is 11.0 Å². The molecule has 0 aliphatic heterocycles. The zero-order valence-corrected chi connectivity index (χ0v) is 12.3. The lowest BCUT2D eigenvalue weighted by molar-refractivity contribution is 0.581. The maximum absolute atomic E-state index is 12.2. The molecule has 0 aliphatic rings. The van der Waals surface area contributed by atoms with Crippen molar-refractivity contribution in [1.29, 1.82) is 5.26 Å². The second kappa shape index (κ2) is 5.58. The summed E-state index contributed by atoms with van der Waals surface area (Å²) in [6.45, 7) is 1.93. The second-order valence-electron chi connectivity index (χ2n) is 4.07. The molecule has 2 rings (SSSR count). The minimum absolute atomic E-state index is 0.0211.